The van der Waals surface area contributed by atoms with Gasteiger partial charge in [-0.05, 0) is 47.2 Å². The largest absolute Gasteiger partial charge is 0.368 e. The number of hydrogen-bond donors (Lipinski definition) is 1. The minimum atomic E-state index is -0.405. The summed E-state index contributed by atoms with van der Waals surface area (Å²) in [5, 5.41) is 7.82. The Morgan fingerprint density at radius 1 is 0.976 bits per heavy atom. The molecule has 1 aliphatic rings. The van der Waals surface area contributed by atoms with Crippen molar-refractivity contribution in [3.8, 4) is 11.4 Å². The Morgan fingerprint density at radius 2 is 1.76 bits per heavy atom. The minimum Gasteiger partial charge on any atom is -0.368 e. The van der Waals surface area contributed by atoms with Gasteiger partial charge >= 0.3 is 0 Å². The van der Waals surface area contributed by atoms with Crippen LogP contribution in [0.2, 0.25) is 0 Å². The number of halogens is 1. The molecule has 0 saturated carbocycles. The number of nitrogens with one attached hydrogen (secondary N) is 1. The number of rotatable bonds is 6. The van der Waals surface area contributed by atoms with Gasteiger partial charge in [-0.15, -0.1) is 0 Å². The van der Waals surface area contributed by atoms with E-state index in [0.29, 0.717) is 42.0 Å². The van der Waals surface area contributed by atoms with E-state index in [1.807, 2.05) is 41.0 Å². The Balaban J connectivity index is 1.45. The zero-order chi connectivity index (χ0) is 29.3. The van der Waals surface area contributed by atoms with E-state index in [4.69, 9.17) is 4.52 Å². The van der Waals surface area contributed by atoms with Crippen molar-refractivity contribution in [3.63, 3.8) is 0 Å². The van der Waals surface area contributed by atoms with E-state index in [2.05, 4.69) is 65.4 Å². The normalized spacial score (nSPS) is 14.3. The molecule has 2 aromatic heterocycles. The second-order valence-corrected chi connectivity index (χ2v) is 12.0. The summed E-state index contributed by atoms with van der Waals surface area (Å²) in [5.74, 6) is 0.210. The second-order valence-electron chi connectivity index (χ2n) is 12.0. The van der Waals surface area contributed by atoms with Crippen LogP contribution < -0.4 is 15.6 Å². The third-order valence-electron chi connectivity index (χ3n) is 7.91. The minimum absolute atomic E-state index is 0.0419. The number of aromatic nitrogens is 3. The van der Waals surface area contributed by atoms with Gasteiger partial charge in [0, 0.05) is 37.8 Å². The highest BCUT2D eigenvalue weighted by atomic mass is 19.1. The number of pyridine rings is 1. The van der Waals surface area contributed by atoms with E-state index in [9.17, 15) is 4.79 Å². The van der Waals surface area contributed by atoms with Crippen LogP contribution in [0.1, 0.15) is 49.8 Å². The average Bonchev–Trinajstić information content (AvgIpc) is 3.26. The van der Waals surface area contributed by atoms with Gasteiger partial charge in [-0.25, -0.2) is 4.39 Å². The molecule has 5 aromatic rings. The number of hydrogen-bond acceptors (Lipinski definition) is 6. The van der Waals surface area contributed by atoms with Gasteiger partial charge < -0.3 is 19.3 Å². The maximum Gasteiger partial charge on any atom is 0.231 e. The predicted molar refractivity (Wildman–Crippen MR) is 165 cm³/mol. The van der Waals surface area contributed by atoms with Crippen molar-refractivity contribution in [3.05, 3.63) is 112 Å². The summed E-state index contributed by atoms with van der Waals surface area (Å²) < 4.78 is 23.2. The molecule has 8 heteroatoms. The molecule has 216 valence electrons. The number of anilines is 1. The summed E-state index contributed by atoms with van der Waals surface area (Å²) >= 11 is 0. The van der Waals surface area contributed by atoms with Crippen molar-refractivity contribution in [2.75, 3.05) is 31.1 Å². The lowest BCUT2D eigenvalue weighted by Crippen LogP contribution is -2.29. The molecule has 6 rings (SSSR count). The van der Waals surface area contributed by atoms with Crippen molar-refractivity contribution in [1.82, 2.24) is 20.0 Å². The molecule has 0 unspecified atom stereocenters. The van der Waals surface area contributed by atoms with E-state index in [1.54, 1.807) is 6.20 Å². The molecule has 0 bridgehead atoms. The van der Waals surface area contributed by atoms with Crippen LogP contribution in [-0.4, -0.2) is 40.9 Å². The van der Waals surface area contributed by atoms with Gasteiger partial charge in [-0.3, -0.25) is 4.79 Å². The Bertz CT molecular complexity index is 1750. The highest BCUT2D eigenvalue weighted by molar-refractivity contribution is 5.86. The van der Waals surface area contributed by atoms with Gasteiger partial charge in [-0.1, -0.05) is 80.5 Å². The molecule has 0 amide bonds. The molecule has 0 atom stereocenters. The van der Waals surface area contributed by atoms with Gasteiger partial charge in [0.25, 0.3) is 0 Å². The number of nitrogens with zero attached hydrogens (tertiary/aromatic N) is 4. The third-order valence-corrected chi connectivity index (χ3v) is 7.91. The molecule has 1 fully saturated rings. The van der Waals surface area contributed by atoms with Crippen LogP contribution in [0.15, 0.2) is 82.2 Å². The van der Waals surface area contributed by atoms with Crippen LogP contribution in [0.5, 0.6) is 0 Å². The molecule has 1 aliphatic heterocycles. The van der Waals surface area contributed by atoms with Crippen LogP contribution in [0.25, 0.3) is 22.3 Å². The summed E-state index contributed by atoms with van der Waals surface area (Å²) in [6.07, 6.45) is 3.16. The molecular weight excluding hydrogens is 529 g/mol. The van der Waals surface area contributed by atoms with E-state index >= 15 is 4.39 Å². The smallest absolute Gasteiger partial charge is 0.231 e. The molecule has 0 aliphatic carbocycles. The Morgan fingerprint density at radius 3 is 2.52 bits per heavy atom. The monoisotopic (exact) mass is 565 g/mol. The fourth-order valence-corrected chi connectivity index (χ4v) is 5.53. The molecule has 1 N–H and O–H groups in total. The maximum atomic E-state index is 15.7. The molecular formula is C34H36FN5O2. The zero-order valence-electron chi connectivity index (χ0n) is 24.4. The quantitative estimate of drug-likeness (QED) is 0.275. The van der Waals surface area contributed by atoms with Crippen molar-refractivity contribution in [2.45, 2.75) is 45.6 Å². The lowest BCUT2D eigenvalue weighted by Gasteiger charge is -2.24. The average molecular weight is 566 g/mol. The van der Waals surface area contributed by atoms with E-state index in [-0.39, 0.29) is 22.2 Å². The SMILES string of the molecule is CC(C)(C)c1ccc(Cn2cc(-c3noc(Cc4ccccc4)n3)c(=O)c3cc(F)c(N4CCCNCC4)cc32)cc1. The van der Waals surface area contributed by atoms with Gasteiger partial charge in [0.2, 0.25) is 17.1 Å². The summed E-state index contributed by atoms with van der Waals surface area (Å²) in [6.45, 7) is 10.2. The lowest BCUT2D eigenvalue weighted by molar-refractivity contribution is 0.385. The van der Waals surface area contributed by atoms with Gasteiger partial charge in [0.05, 0.1) is 23.2 Å². The van der Waals surface area contributed by atoms with Gasteiger partial charge in [0.15, 0.2) is 0 Å². The fourth-order valence-electron chi connectivity index (χ4n) is 5.53. The van der Waals surface area contributed by atoms with Gasteiger partial charge in [0.1, 0.15) is 5.82 Å². The summed E-state index contributed by atoms with van der Waals surface area (Å²) in [7, 11) is 0. The molecule has 0 spiro atoms. The first-order chi connectivity index (χ1) is 20.3. The topological polar surface area (TPSA) is 76.2 Å². The van der Waals surface area contributed by atoms with Crippen LogP contribution in [0.3, 0.4) is 0 Å². The summed E-state index contributed by atoms with van der Waals surface area (Å²) in [4.78, 5) is 20.4. The molecule has 0 radical (unpaired) electrons. The number of benzene rings is 3. The van der Waals surface area contributed by atoms with Crippen LogP contribution in [0.4, 0.5) is 10.1 Å². The first kappa shape index (κ1) is 27.8. The second kappa shape index (κ2) is 11.5. The van der Waals surface area contributed by atoms with Crippen molar-refractivity contribution in [2.24, 2.45) is 0 Å². The van der Waals surface area contributed by atoms with E-state index in [0.717, 1.165) is 37.2 Å². The predicted octanol–water partition coefficient (Wildman–Crippen LogP) is 5.93. The Kier molecular flexibility index (Phi) is 7.64. The highest BCUT2D eigenvalue weighted by Crippen LogP contribution is 2.29. The van der Waals surface area contributed by atoms with Crippen molar-refractivity contribution in [1.29, 1.82) is 0 Å². The van der Waals surface area contributed by atoms with Crippen molar-refractivity contribution >= 4 is 16.6 Å². The summed E-state index contributed by atoms with van der Waals surface area (Å²) in [6, 6.07) is 21.5. The molecule has 7 nitrogen and oxygen atoms in total. The van der Waals surface area contributed by atoms with Gasteiger partial charge in [-0.2, -0.15) is 4.98 Å². The maximum absolute atomic E-state index is 15.7. The van der Waals surface area contributed by atoms with E-state index in [1.165, 1.54) is 11.6 Å². The van der Waals surface area contributed by atoms with Crippen molar-refractivity contribution < 1.29 is 8.91 Å². The van der Waals surface area contributed by atoms with Crippen LogP contribution in [-0.2, 0) is 18.4 Å². The van der Waals surface area contributed by atoms with Crippen LogP contribution >= 0.6 is 0 Å². The number of fused-ring (bicyclic) bond motifs is 1. The Labute approximate surface area is 245 Å². The lowest BCUT2D eigenvalue weighted by atomic mass is 9.87. The first-order valence-corrected chi connectivity index (χ1v) is 14.5. The fraction of sp³-hybridized carbons (Fsp3) is 0.324. The standard InChI is InChI=1S/C34H36FN5O2/c1-34(2,3)25-12-10-24(11-13-25)21-40-22-27(33-37-31(42-38-33)18-23-8-5-4-6-9-23)32(41)26-19-28(35)30(20-29(26)40)39-16-7-14-36-15-17-39/h4-6,8-13,19-20,22,36H,7,14-18,21H2,1-3H3. The summed E-state index contributed by atoms with van der Waals surface area (Å²) in [5.41, 5.74) is 4.53. The Hall–Kier alpha value is -4.30. The molecule has 3 heterocycles. The molecule has 1 saturated heterocycles. The third kappa shape index (κ3) is 5.85. The molecule has 42 heavy (non-hydrogen) atoms. The highest BCUT2D eigenvalue weighted by Gasteiger charge is 2.21. The first-order valence-electron chi connectivity index (χ1n) is 14.5. The molecule has 3 aromatic carbocycles. The van der Waals surface area contributed by atoms with E-state index < -0.39 is 5.82 Å². The van der Waals surface area contributed by atoms with Crippen LogP contribution in [0, 0.1) is 5.82 Å². The zero-order valence-corrected chi connectivity index (χ0v) is 24.4.